The van der Waals surface area contributed by atoms with E-state index >= 15 is 0 Å². The molecule has 6 heteroatoms. The van der Waals surface area contributed by atoms with Gasteiger partial charge in [-0.2, -0.15) is 0 Å². The first-order valence-electron chi connectivity index (χ1n) is 6.62. The second-order valence-corrected chi connectivity index (χ2v) is 6.33. The molecule has 0 fully saturated rings. The van der Waals surface area contributed by atoms with Crippen LogP contribution in [0.25, 0.3) is 6.08 Å². The van der Waals surface area contributed by atoms with E-state index in [-0.39, 0.29) is 5.91 Å². The van der Waals surface area contributed by atoms with E-state index in [0.29, 0.717) is 11.3 Å². The molecule has 0 atom stereocenters. The molecule has 0 aliphatic carbocycles. The summed E-state index contributed by atoms with van der Waals surface area (Å²) in [7, 11) is 1.33. The van der Waals surface area contributed by atoms with Gasteiger partial charge in [0.1, 0.15) is 0 Å². The van der Waals surface area contributed by atoms with Crippen molar-refractivity contribution in [2.75, 3.05) is 12.4 Å². The van der Waals surface area contributed by atoms with Gasteiger partial charge >= 0.3 is 5.97 Å². The van der Waals surface area contributed by atoms with Gasteiger partial charge in [0, 0.05) is 15.0 Å². The number of hydrogen-bond acceptors (Lipinski definition) is 3. The van der Waals surface area contributed by atoms with Crippen LogP contribution in [-0.4, -0.2) is 19.0 Å². The molecule has 0 heterocycles. The number of anilines is 1. The Morgan fingerprint density at radius 1 is 1.09 bits per heavy atom. The molecular weight excluding hydrogens is 426 g/mol. The molecule has 0 saturated carbocycles. The van der Waals surface area contributed by atoms with Gasteiger partial charge in [0.05, 0.1) is 18.4 Å². The predicted molar refractivity (Wildman–Crippen MR) is 97.3 cm³/mol. The maximum absolute atomic E-state index is 11.9. The van der Waals surface area contributed by atoms with Gasteiger partial charge in [-0.25, -0.2) is 4.79 Å². The Labute approximate surface area is 150 Å². The average molecular weight is 439 g/mol. The van der Waals surface area contributed by atoms with E-state index in [1.165, 1.54) is 13.2 Å². The first-order valence-corrected chi connectivity index (χ1v) is 8.20. The van der Waals surface area contributed by atoms with Gasteiger partial charge in [-0.3, -0.25) is 4.79 Å². The monoisotopic (exact) mass is 437 g/mol. The van der Waals surface area contributed by atoms with Crippen molar-refractivity contribution in [3.8, 4) is 0 Å². The van der Waals surface area contributed by atoms with Crippen LogP contribution >= 0.6 is 31.9 Å². The van der Waals surface area contributed by atoms with E-state index in [9.17, 15) is 9.59 Å². The number of hydrogen-bond donors (Lipinski definition) is 1. The number of ether oxygens (including phenoxy) is 1. The van der Waals surface area contributed by atoms with Crippen LogP contribution in [0, 0.1) is 0 Å². The lowest BCUT2D eigenvalue weighted by atomic mass is 10.1. The Kier molecular flexibility index (Phi) is 6.12. The van der Waals surface area contributed by atoms with Crippen LogP contribution in [-0.2, 0) is 9.53 Å². The zero-order chi connectivity index (χ0) is 16.8. The minimum absolute atomic E-state index is 0.245. The van der Waals surface area contributed by atoms with E-state index in [1.807, 2.05) is 12.1 Å². The van der Waals surface area contributed by atoms with E-state index in [4.69, 9.17) is 0 Å². The molecule has 0 aliphatic rings. The zero-order valence-corrected chi connectivity index (χ0v) is 15.3. The largest absolute Gasteiger partial charge is 0.465 e. The fourth-order valence-corrected chi connectivity index (χ4v) is 2.93. The average Bonchev–Trinajstić information content (AvgIpc) is 2.55. The number of amides is 1. The van der Waals surface area contributed by atoms with E-state index < -0.39 is 5.97 Å². The van der Waals surface area contributed by atoms with Gasteiger partial charge in [0.15, 0.2) is 0 Å². The third-order valence-corrected chi connectivity index (χ3v) is 4.10. The van der Waals surface area contributed by atoms with Crippen molar-refractivity contribution in [3.05, 3.63) is 68.6 Å². The molecule has 0 unspecified atom stereocenters. The Morgan fingerprint density at radius 2 is 1.78 bits per heavy atom. The van der Waals surface area contributed by atoms with Crippen molar-refractivity contribution in [2.24, 2.45) is 0 Å². The van der Waals surface area contributed by atoms with Crippen LogP contribution in [0.1, 0.15) is 15.9 Å². The van der Waals surface area contributed by atoms with Crippen LogP contribution in [0.4, 0.5) is 5.69 Å². The van der Waals surface area contributed by atoms with Gasteiger partial charge < -0.3 is 10.1 Å². The van der Waals surface area contributed by atoms with Crippen molar-refractivity contribution >= 4 is 55.5 Å². The van der Waals surface area contributed by atoms with Gasteiger partial charge in [-0.05, 0) is 57.9 Å². The SMILES string of the molecule is COC(=O)c1ccc(/C=C/C(=O)Nc2ccc(Br)cc2Br)cc1. The lowest BCUT2D eigenvalue weighted by Crippen LogP contribution is -2.08. The number of esters is 1. The fraction of sp³-hybridized carbons (Fsp3) is 0.0588. The van der Waals surface area contributed by atoms with Crippen molar-refractivity contribution in [3.63, 3.8) is 0 Å². The second-order valence-electron chi connectivity index (χ2n) is 4.56. The number of benzene rings is 2. The highest BCUT2D eigenvalue weighted by Gasteiger charge is 2.05. The molecule has 1 amide bonds. The quantitative estimate of drug-likeness (QED) is 0.558. The Hall–Kier alpha value is -1.92. The Bertz CT molecular complexity index is 755. The minimum Gasteiger partial charge on any atom is -0.465 e. The van der Waals surface area contributed by atoms with Crippen LogP contribution in [0.3, 0.4) is 0 Å². The third-order valence-electron chi connectivity index (χ3n) is 2.95. The summed E-state index contributed by atoms with van der Waals surface area (Å²) in [6, 6.07) is 12.3. The van der Waals surface area contributed by atoms with Crippen LogP contribution in [0.2, 0.25) is 0 Å². The summed E-state index contributed by atoms with van der Waals surface area (Å²) in [5, 5.41) is 2.78. The summed E-state index contributed by atoms with van der Waals surface area (Å²) < 4.78 is 6.34. The van der Waals surface area contributed by atoms with Gasteiger partial charge in [0.2, 0.25) is 5.91 Å². The molecule has 118 valence electrons. The summed E-state index contributed by atoms with van der Waals surface area (Å²) in [4.78, 5) is 23.3. The fourth-order valence-electron chi connectivity index (χ4n) is 1.79. The Morgan fingerprint density at radius 3 is 2.39 bits per heavy atom. The van der Waals surface area contributed by atoms with Crippen molar-refractivity contribution < 1.29 is 14.3 Å². The predicted octanol–water partition coefficient (Wildman–Crippen LogP) is 4.65. The first-order chi connectivity index (χ1) is 11.0. The first kappa shape index (κ1) is 17.4. The summed E-state index contributed by atoms with van der Waals surface area (Å²) in [6.07, 6.45) is 3.10. The lowest BCUT2D eigenvalue weighted by molar-refractivity contribution is -0.111. The number of rotatable bonds is 4. The molecule has 0 spiro atoms. The summed E-state index contributed by atoms with van der Waals surface area (Å²) in [5.41, 5.74) is 1.96. The summed E-state index contributed by atoms with van der Waals surface area (Å²) in [6.45, 7) is 0. The standard InChI is InChI=1S/C17H13Br2NO3/c1-23-17(22)12-5-2-11(3-6-12)4-9-16(21)20-15-8-7-13(18)10-14(15)19/h2-10H,1H3,(H,20,21)/b9-4+. The second kappa shape index (κ2) is 8.08. The smallest absolute Gasteiger partial charge is 0.337 e. The minimum atomic E-state index is -0.390. The van der Waals surface area contributed by atoms with E-state index in [1.54, 1.807) is 36.4 Å². The third kappa shape index (κ3) is 5.04. The number of carbonyl (C=O) groups is 2. The van der Waals surface area contributed by atoms with Crippen molar-refractivity contribution in [1.82, 2.24) is 0 Å². The topological polar surface area (TPSA) is 55.4 Å². The van der Waals surface area contributed by atoms with E-state index in [0.717, 1.165) is 14.5 Å². The molecule has 23 heavy (non-hydrogen) atoms. The highest BCUT2D eigenvalue weighted by molar-refractivity contribution is 9.11. The molecule has 2 aromatic carbocycles. The molecule has 0 aliphatic heterocycles. The molecule has 2 aromatic rings. The molecule has 0 radical (unpaired) electrons. The molecule has 0 saturated heterocycles. The Balaban J connectivity index is 2.02. The normalized spacial score (nSPS) is 10.6. The van der Waals surface area contributed by atoms with Crippen LogP contribution < -0.4 is 5.32 Å². The lowest BCUT2D eigenvalue weighted by Gasteiger charge is -2.05. The maximum Gasteiger partial charge on any atom is 0.337 e. The van der Waals surface area contributed by atoms with E-state index in [2.05, 4.69) is 41.9 Å². The zero-order valence-electron chi connectivity index (χ0n) is 12.2. The van der Waals surface area contributed by atoms with Crippen LogP contribution in [0.15, 0.2) is 57.5 Å². The van der Waals surface area contributed by atoms with Crippen LogP contribution in [0.5, 0.6) is 0 Å². The van der Waals surface area contributed by atoms with Crippen molar-refractivity contribution in [1.29, 1.82) is 0 Å². The van der Waals surface area contributed by atoms with Gasteiger partial charge in [0.25, 0.3) is 0 Å². The number of carbonyl (C=O) groups excluding carboxylic acids is 2. The maximum atomic E-state index is 11.9. The molecule has 1 N–H and O–H groups in total. The summed E-state index contributed by atoms with van der Waals surface area (Å²) >= 11 is 6.74. The number of methoxy groups -OCH3 is 1. The number of nitrogens with one attached hydrogen (secondary N) is 1. The highest BCUT2D eigenvalue weighted by atomic mass is 79.9. The van der Waals surface area contributed by atoms with Gasteiger partial charge in [-0.15, -0.1) is 0 Å². The van der Waals surface area contributed by atoms with Crippen molar-refractivity contribution in [2.45, 2.75) is 0 Å². The molecule has 0 bridgehead atoms. The molecular formula is C17H13Br2NO3. The highest BCUT2D eigenvalue weighted by Crippen LogP contribution is 2.26. The van der Waals surface area contributed by atoms with Gasteiger partial charge in [-0.1, -0.05) is 28.1 Å². The number of halogens is 2. The summed E-state index contributed by atoms with van der Waals surface area (Å²) in [5.74, 6) is -0.636. The molecule has 0 aromatic heterocycles. The molecule has 2 rings (SSSR count). The molecule has 4 nitrogen and oxygen atoms in total.